The third-order valence-electron chi connectivity index (χ3n) is 3.71. The zero-order chi connectivity index (χ0) is 13.1. The lowest BCUT2D eigenvalue weighted by atomic mass is 9.95. The van der Waals surface area contributed by atoms with Gasteiger partial charge in [-0.25, -0.2) is 0 Å². The highest BCUT2D eigenvalue weighted by molar-refractivity contribution is 5.56. The normalized spacial score (nSPS) is 20.9. The van der Waals surface area contributed by atoms with Gasteiger partial charge in [-0.05, 0) is 30.7 Å². The molecule has 0 fully saturated rings. The summed E-state index contributed by atoms with van der Waals surface area (Å²) < 4.78 is 0. The van der Waals surface area contributed by atoms with Gasteiger partial charge in [-0.15, -0.1) is 0 Å². The van der Waals surface area contributed by atoms with E-state index < -0.39 is 0 Å². The lowest BCUT2D eigenvalue weighted by Crippen LogP contribution is -2.35. The van der Waals surface area contributed by atoms with Crippen LogP contribution in [0.2, 0.25) is 0 Å². The van der Waals surface area contributed by atoms with Gasteiger partial charge in [0, 0.05) is 24.3 Å². The van der Waals surface area contributed by atoms with E-state index in [0.29, 0.717) is 5.92 Å². The molecule has 2 unspecified atom stereocenters. The van der Waals surface area contributed by atoms with Crippen LogP contribution in [-0.2, 0) is 0 Å². The molecule has 0 bridgehead atoms. The topological polar surface area (TPSA) is 23.5 Å². The second-order valence-corrected chi connectivity index (χ2v) is 6.04. The monoisotopic (exact) mass is 247 g/mol. The molecule has 0 saturated carbocycles. The van der Waals surface area contributed by atoms with Gasteiger partial charge in [-0.2, -0.15) is 0 Å². The molecule has 0 radical (unpaired) electrons. The van der Waals surface area contributed by atoms with Crippen LogP contribution in [0.5, 0.6) is 0 Å². The Kier molecular flexibility index (Phi) is 4.28. The van der Waals surface area contributed by atoms with Gasteiger partial charge in [0.05, 0.1) is 6.10 Å². The molecule has 0 amide bonds. The van der Waals surface area contributed by atoms with Gasteiger partial charge < -0.3 is 10.0 Å². The third-order valence-corrected chi connectivity index (χ3v) is 3.71. The van der Waals surface area contributed by atoms with E-state index in [4.69, 9.17) is 0 Å². The van der Waals surface area contributed by atoms with Gasteiger partial charge in [0.25, 0.3) is 0 Å². The van der Waals surface area contributed by atoms with Gasteiger partial charge in [-0.3, -0.25) is 0 Å². The van der Waals surface area contributed by atoms with Gasteiger partial charge >= 0.3 is 0 Å². The third kappa shape index (κ3) is 3.05. The maximum absolute atomic E-state index is 10.0. The minimum Gasteiger partial charge on any atom is -0.388 e. The maximum Gasteiger partial charge on any atom is 0.0826 e. The first-order valence-electron chi connectivity index (χ1n) is 7.10. The molecule has 1 aliphatic rings. The molecular weight excluding hydrogens is 222 g/mol. The number of anilines is 1. The average Bonchev–Trinajstić information content (AvgIpc) is 2.32. The van der Waals surface area contributed by atoms with E-state index in [1.807, 2.05) is 6.07 Å². The first-order valence-corrected chi connectivity index (χ1v) is 7.10. The van der Waals surface area contributed by atoms with Crippen molar-refractivity contribution < 1.29 is 5.11 Å². The number of benzene rings is 1. The van der Waals surface area contributed by atoms with E-state index in [-0.39, 0.29) is 6.10 Å². The summed E-state index contributed by atoms with van der Waals surface area (Å²) in [4.78, 5) is 2.44. The Labute approximate surface area is 111 Å². The van der Waals surface area contributed by atoms with Gasteiger partial charge in [0.2, 0.25) is 0 Å². The molecule has 0 spiro atoms. The Balaban J connectivity index is 2.09. The van der Waals surface area contributed by atoms with Crippen LogP contribution < -0.4 is 4.90 Å². The van der Waals surface area contributed by atoms with Crippen LogP contribution in [0.3, 0.4) is 0 Å². The fraction of sp³-hybridized carbons (Fsp3) is 0.625. The number of nitrogens with zero attached hydrogens (tertiary/aromatic N) is 1. The Morgan fingerprint density at radius 3 is 2.72 bits per heavy atom. The van der Waals surface area contributed by atoms with Crippen molar-refractivity contribution >= 4 is 5.69 Å². The zero-order valence-corrected chi connectivity index (χ0v) is 11.8. The zero-order valence-electron chi connectivity index (χ0n) is 11.8. The van der Waals surface area contributed by atoms with Crippen LogP contribution >= 0.6 is 0 Å². The van der Waals surface area contributed by atoms with Crippen molar-refractivity contribution in [3.8, 4) is 0 Å². The van der Waals surface area contributed by atoms with E-state index in [9.17, 15) is 5.11 Å². The molecule has 1 N–H and O–H groups in total. The van der Waals surface area contributed by atoms with Gasteiger partial charge in [-0.1, -0.05) is 39.0 Å². The molecule has 2 atom stereocenters. The van der Waals surface area contributed by atoms with Crippen molar-refractivity contribution in [1.82, 2.24) is 0 Å². The lowest BCUT2D eigenvalue weighted by molar-refractivity contribution is 0.163. The van der Waals surface area contributed by atoms with Crippen LogP contribution in [0.4, 0.5) is 5.69 Å². The summed E-state index contributed by atoms with van der Waals surface area (Å²) in [7, 11) is 0. The lowest BCUT2D eigenvalue weighted by Gasteiger charge is -2.35. The van der Waals surface area contributed by atoms with E-state index >= 15 is 0 Å². The molecule has 1 heterocycles. The van der Waals surface area contributed by atoms with Crippen molar-refractivity contribution in [2.45, 2.75) is 39.7 Å². The SMILES string of the molecule is CC(C)CC(C)CN1CCC(O)c2ccccc21. The van der Waals surface area contributed by atoms with Crippen LogP contribution in [0.15, 0.2) is 24.3 Å². The Bertz CT molecular complexity index is 388. The number of hydrogen-bond donors (Lipinski definition) is 1. The summed E-state index contributed by atoms with van der Waals surface area (Å²) >= 11 is 0. The quantitative estimate of drug-likeness (QED) is 0.878. The molecule has 0 aliphatic carbocycles. The molecule has 2 rings (SSSR count). The maximum atomic E-state index is 10.0. The smallest absolute Gasteiger partial charge is 0.0826 e. The number of aliphatic hydroxyl groups excluding tert-OH is 1. The standard InChI is InChI=1S/C16H25NO/c1-12(2)10-13(3)11-17-9-8-16(18)14-6-4-5-7-15(14)17/h4-7,12-13,16,18H,8-11H2,1-3H3. The minimum atomic E-state index is -0.280. The Hall–Kier alpha value is -1.02. The Morgan fingerprint density at radius 2 is 2.00 bits per heavy atom. The highest BCUT2D eigenvalue weighted by atomic mass is 16.3. The second-order valence-electron chi connectivity index (χ2n) is 6.04. The first-order chi connectivity index (χ1) is 8.58. The van der Waals surface area contributed by atoms with E-state index in [0.717, 1.165) is 31.0 Å². The average molecular weight is 247 g/mol. The fourth-order valence-electron chi connectivity index (χ4n) is 3.06. The molecule has 1 aromatic rings. The molecule has 2 heteroatoms. The summed E-state index contributed by atoms with van der Waals surface area (Å²) in [6.45, 7) is 8.96. The number of hydrogen-bond acceptors (Lipinski definition) is 2. The van der Waals surface area contributed by atoms with E-state index in [1.165, 1.54) is 12.1 Å². The van der Waals surface area contributed by atoms with Crippen LogP contribution in [0, 0.1) is 11.8 Å². The van der Waals surface area contributed by atoms with Crippen LogP contribution in [0.1, 0.15) is 45.3 Å². The van der Waals surface area contributed by atoms with E-state index in [2.05, 4.69) is 43.9 Å². The highest BCUT2D eigenvalue weighted by Crippen LogP contribution is 2.34. The van der Waals surface area contributed by atoms with Crippen LogP contribution in [0.25, 0.3) is 0 Å². The number of aliphatic hydroxyl groups is 1. The van der Waals surface area contributed by atoms with Crippen LogP contribution in [-0.4, -0.2) is 18.2 Å². The van der Waals surface area contributed by atoms with E-state index in [1.54, 1.807) is 0 Å². The van der Waals surface area contributed by atoms with Crippen molar-refractivity contribution in [1.29, 1.82) is 0 Å². The number of fused-ring (bicyclic) bond motifs is 1. The van der Waals surface area contributed by atoms with Crippen molar-refractivity contribution in [3.05, 3.63) is 29.8 Å². The molecule has 18 heavy (non-hydrogen) atoms. The highest BCUT2D eigenvalue weighted by Gasteiger charge is 2.23. The summed E-state index contributed by atoms with van der Waals surface area (Å²) in [5.41, 5.74) is 2.33. The number of para-hydroxylation sites is 1. The Morgan fingerprint density at radius 1 is 1.28 bits per heavy atom. The molecule has 1 aliphatic heterocycles. The summed E-state index contributed by atoms with van der Waals surface area (Å²) in [6.07, 6.45) is 1.84. The van der Waals surface area contributed by atoms with Crippen molar-refractivity contribution in [3.63, 3.8) is 0 Å². The summed E-state index contributed by atoms with van der Waals surface area (Å²) in [5.74, 6) is 1.46. The van der Waals surface area contributed by atoms with Crippen molar-refractivity contribution in [2.24, 2.45) is 11.8 Å². The predicted octanol–water partition coefficient (Wildman–Crippen LogP) is 3.61. The molecule has 0 saturated heterocycles. The number of rotatable bonds is 4. The molecular formula is C16H25NO. The fourth-order valence-corrected chi connectivity index (χ4v) is 3.06. The summed E-state index contributed by atoms with van der Waals surface area (Å²) in [5, 5.41) is 10.0. The second kappa shape index (κ2) is 5.75. The molecule has 2 nitrogen and oxygen atoms in total. The predicted molar refractivity (Wildman–Crippen MR) is 76.9 cm³/mol. The van der Waals surface area contributed by atoms with Gasteiger partial charge in [0.1, 0.15) is 0 Å². The summed E-state index contributed by atoms with van der Waals surface area (Å²) in [6, 6.07) is 8.28. The van der Waals surface area contributed by atoms with Gasteiger partial charge in [0.15, 0.2) is 0 Å². The minimum absolute atomic E-state index is 0.280. The molecule has 0 aromatic heterocycles. The van der Waals surface area contributed by atoms with Crippen molar-refractivity contribution in [2.75, 3.05) is 18.0 Å². The molecule has 1 aromatic carbocycles. The molecule has 100 valence electrons. The largest absolute Gasteiger partial charge is 0.388 e. The first kappa shape index (κ1) is 13.4.